The number of aromatic nitrogens is 5. The number of aryl methyl sites for hydroxylation is 2. The molecule has 17 heteroatoms. The molecule has 0 spiro atoms. The summed E-state index contributed by atoms with van der Waals surface area (Å²) in [6.07, 6.45) is -7.42. The molecule has 1 aliphatic heterocycles. The van der Waals surface area contributed by atoms with Gasteiger partial charge < -0.3 is 15.1 Å². The molecule has 1 saturated heterocycles. The van der Waals surface area contributed by atoms with Crippen LogP contribution in [-0.2, 0) is 16.1 Å². The fourth-order valence-corrected chi connectivity index (χ4v) is 2.64. The molecule has 0 radical (unpaired) electrons. The Kier molecular flexibility index (Phi) is 11.3. The normalized spacial score (nSPS) is 14.3. The second-order valence-corrected chi connectivity index (χ2v) is 7.00. The van der Waals surface area contributed by atoms with Crippen molar-refractivity contribution in [3.05, 3.63) is 30.2 Å². The van der Waals surface area contributed by atoms with Gasteiger partial charge in [-0.1, -0.05) is 6.07 Å². The summed E-state index contributed by atoms with van der Waals surface area (Å²) in [5, 5.41) is 25.4. The Morgan fingerprint density at radius 1 is 0.943 bits per heavy atom. The summed E-state index contributed by atoms with van der Waals surface area (Å²) in [6, 6.07) is 6.22. The highest BCUT2D eigenvalue weighted by Crippen LogP contribution is 2.15. The number of hydrogen-bond acceptors (Lipinski definition) is 8. The molecule has 3 heterocycles. The molecule has 0 aliphatic carbocycles. The third kappa shape index (κ3) is 12.0. The van der Waals surface area contributed by atoms with Crippen molar-refractivity contribution in [3.63, 3.8) is 0 Å². The largest absolute Gasteiger partial charge is 0.490 e. The van der Waals surface area contributed by atoms with E-state index in [0.717, 1.165) is 57.2 Å². The number of alkyl halides is 6. The van der Waals surface area contributed by atoms with E-state index in [1.807, 2.05) is 13.0 Å². The van der Waals surface area contributed by atoms with Crippen LogP contribution in [-0.4, -0.2) is 97.3 Å². The van der Waals surface area contributed by atoms with Crippen LogP contribution >= 0.6 is 0 Å². The molecule has 0 bridgehead atoms. The molecular formula is C18H23F6N7O4. The zero-order valence-electron chi connectivity index (χ0n) is 18.4. The number of rotatable bonds is 5. The summed E-state index contributed by atoms with van der Waals surface area (Å²) in [6.45, 7) is 8.28. The maximum absolute atomic E-state index is 10.6. The average molecular weight is 515 g/mol. The Bertz CT molecular complexity index is 893. The number of carbonyl (C=O) groups is 2. The number of tetrazole rings is 1. The fourth-order valence-electron chi connectivity index (χ4n) is 2.64. The lowest BCUT2D eigenvalue weighted by Gasteiger charge is -2.35. The third-order valence-electron chi connectivity index (χ3n) is 4.31. The van der Waals surface area contributed by atoms with Crippen LogP contribution in [0.3, 0.4) is 0 Å². The first kappa shape index (κ1) is 29.5. The fraction of sp³-hybridized carbons (Fsp3) is 0.556. The molecule has 0 amide bonds. The number of carboxylic acid groups (broad SMARTS) is 2. The van der Waals surface area contributed by atoms with Gasteiger partial charge in [0.15, 0.2) is 0 Å². The Balaban J connectivity index is 0.000000362. The number of hydrogen-bond donors (Lipinski definition) is 2. The Morgan fingerprint density at radius 2 is 1.49 bits per heavy atom. The SMILES string of the molecule is Cc1cccc(N2CCN(CCCn3cnnn3)CC2)n1.O=C(O)C(F)(F)F.O=C(O)C(F)(F)F. The predicted molar refractivity (Wildman–Crippen MR) is 107 cm³/mol. The van der Waals surface area contributed by atoms with Crippen molar-refractivity contribution in [1.29, 1.82) is 0 Å². The zero-order valence-corrected chi connectivity index (χ0v) is 18.4. The lowest BCUT2D eigenvalue weighted by molar-refractivity contribution is -0.193. The summed E-state index contributed by atoms with van der Waals surface area (Å²) >= 11 is 0. The van der Waals surface area contributed by atoms with Gasteiger partial charge in [0, 0.05) is 45.0 Å². The number of anilines is 1. The van der Waals surface area contributed by atoms with E-state index in [1.165, 1.54) is 0 Å². The number of nitrogens with zero attached hydrogens (tertiary/aromatic N) is 7. The van der Waals surface area contributed by atoms with E-state index in [1.54, 1.807) is 11.0 Å². The highest BCUT2D eigenvalue weighted by atomic mass is 19.4. The van der Waals surface area contributed by atoms with Gasteiger partial charge in [0.05, 0.1) is 0 Å². The summed E-state index contributed by atoms with van der Waals surface area (Å²) in [4.78, 5) is 27.3. The highest BCUT2D eigenvalue weighted by molar-refractivity contribution is 5.73. The first-order valence-electron chi connectivity index (χ1n) is 9.92. The molecule has 0 unspecified atom stereocenters. The average Bonchev–Trinajstić information content (AvgIpc) is 3.27. The Labute approximate surface area is 195 Å². The van der Waals surface area contributed by atoms with Crippen molar-refractivity contribution in [2.75, 3.05) is 37.6 Å². The summed E-state index contributed by atoms with van der Waals surface area (Å²) in [5.41, 5.74) is 1.08. The molecule has 11 nitrogen and oxygen atoms in total. The van der Waals surface area contributed by atoms with E-state index in [2.05, 4.69) is 42.4 Å². The zero-order chi connectivity index (χ0) is 26.6. The number of pyridine rings is 1. The first-order valence-corrected chi connectivity index (χ1v) is 9.92. The van der Waals surface area contributed by atoms with E-state index in [9.17, 15) is 26.3 Å². The van der Waals surface area contributed by atoms with Crippen LogP contribution in [0, 0.1) is 6.92 Å². The monoisotopic (exact) mass is 515 g/mol. The third-order valence-corrected chi connectivity index (χ3v) is 4.31. The van der Waals surface area contributed by atoms with Crippen LogP contribution < -0.4 is 4.90 Å². The van der Waals surface area contributed by atoms with Crippen molar-refractivity contribution in [2.24, 2.45) is 0 Å². The van der Waals surface area contributed by atoms with Crippen molar-refractivity contribution in [3.8, 4) is 0 Å². The summed E-state index contributed by atoms with van der Waals surface area (Å²) in [5.74, 6) is -4.41. The number of aliphatic carboxylic acids is 2. The van der Waals surface area contributed by atoms with Crippen molar-refractivity contribution in [2.45, 2.75) is 32.2 Å². The topological polar surface area (TPSA) is 138 Å². The molecule has 1 fully saturated rings. The minimum atomic E-state index is -5.08. The maximum Gasteiger partial charge on any atom is 0.490 e. The maximum atomic E-state index is 10.6. The van der Waals surface area contributed by atoms with Gasteiger partial charge in [0.2, 0.25) is 0 Å². The molecule has 3 rings (SSSR count). The molecule has 0 atom stereocenters. The minimum absolute atomic E-state index is 0.882. The predicted octanol–water partition coefficient (Wildman–Crippen LogP) is 1.86. The molecule has 2 aromatic heterocycles. The smallest absolute Gasteiger partial charge is 0.475 e. The van der Waals surface area contributed by atoms with Crippen LogP contribution in [0.5, 0.6) is 0 Å². The Hall–Kier alpha value is -3.50. The van der Waals surface area contributed by atoms with Crippen molar-refractivity contribution < 1.29 is 46.1 Å². The van der Waals surface area contributed by atoms with Gasteiger partial charge in [-0.25, -0.2) is 19.3 Å². The molecule has 2 aromatic rings. The molecule has 35 heavy (non-hydrogen) atoms. The lowest BCUT2D eigenvalue weighted by atomic mass is 10.2. The van der Waals surface area contributed by atoms with Crippen LogP contribution in [0.4, 0.5) is 32.2 Å². The molecule has 2 N–H and O–H groups in total. The van der Waals surface area contributed by atoms with Gasteiger partial charge in [-0.2, -0.15) is 26.3 Å². The molecule has 0 aromatic carbocycles. The van der Waals surface area contributed by atoms with Gasteiger partial charge in [0.25, 0.3) is 0 Å². The van der Waals surface area contributed by atoms with Crippen LogP contribution in [0.1, 0.15) is 12.1 Å². The summed E-state index contributed by atoms with van der Waals surface area (Å²) in [7, 11) is 0. The van der Waals surface area contributed by atoms with E-state index in [4.69, 9.17) is 19.8 Å². The molecular weight excluding hydrogens is 492 g/mol. The van der Waals surface area contributed by atoms with E-state index in [0.29, 0.717) is 0 Å². The van der Waals surface area contributed by atoms with E-state index >= 15 is 0 Å². The summed E-state index contributed by atoms with van der Waals surface area (Å²) < 4.78 is 65.3. The number of halogens is 6. The first-order chi connectivity index (χ1) is 16.2. The van der Waals surface area contributed by atoms with Gasteiger partial charge in [-0.05, 0) is 35.9 Å². The minimum Gasteiger partial charge on any atom is -0.475 e. The van der Waals surface area contributed by atoms with Crippen molar-refractivity contribution >= 4 is 17.8 Å². The Morgan fingerprint density at radius 3 is 1.91 bits per heavy atom. The molecule has 196 valence electrons. The van der Waals surface area contributed by atoms with Crippen molar-refractivity contribution in [1.82, 2.24) is 30.1 Å². The standard InChI is InChI=1S/C14H21N7.2C2HF3O2/c1-13-4-2-5-14(16-13)20-10-8-19(9-11-20)6-3-7-21-12-15-17-18-21;2*3-2(4,5)1(6)7/h2,4-5,12H,3,6-11H2,1H3;2*(H,6,7). The highest BCUT2D eigenvalue weighted by Gasteiger charge is 2.38. The van der Waals surface area contributed by atoms with Crippen LogP contribution in [0.15, 0.2) is 24.5 Å². The van der Waals surface area contributed by atoms with Crippen LogP contribution in [0.25, 0.3) is 0 Å². The van der Waals surface area contributed by atoms with Gasteiger partial charge in [-0.15, -0.1) is 5.10 Å². The van der Waals surface area contributed by atoms with Crippen LogP contribution in [0.2, 0.25) is 0 Å². The second kappa shape index (κ2) is 13.4. The molecule has 1 aliphatic rings. The lowest BCUT2D eigenvalue weighted by Crippen LogP contribution is -2.47. The molecule has 0 saturated carbocycles. The van der Waals surface area contributed by atoms with Gasteiger partial charge >= 0.3 is 24.3 Å². The quantitative estimate of drug-likeness (QED) is 0.568. The van der Waals surface area contributed by atoms with Gasteiger partial charge in [-0.3, -0.25) is 4.90 Å². The number of piperazine rings is 1. The van der Waals surface area contributed by atoms with E-state index in [-0.39, 0.29) is 0 Å². The number of carboxylic acids is 2. The van der Waals surface area contributed by atoms with E-state index < -0.39 is 24.3 Å². The van der Waals surface area contributed by atoms with Gasteiger partial charge in [0.1, 0.15) is 12.1 Å². The second-order valence-electron chi connectivity index (χ2n) is 7.00.